The van der Waals surface area contributed by atoms with E-state index < -0.39 is 24.5 Å². The maximum atomic E-state index is 14.5. The smallest absolute Gasteiger partial charge is 0.410 e. The Labute approximate surface area is 164 Å². The fourth-order valence-electron chi connectivity index (χ4n) is 2.83. The molecular formula is C20H26F2N4O2. The average molecular weight is 392 g/mol. The number of hydrogen-bond donors (Lipinski definition) is 1. The number of carbonyl (C=O) groups excluding carboxylic acids is 1. The minimum atomic E-state index is -3.03. The van der Waals surface area contributed by atoms with Crippen LogP contribution in [0.1, 0.15) is 24.5 Å². The second kappa shape index (κ2) is 9.96. The van der Waals surface area contributed by atoms with Crippen LogP contribution in [0.2, 0.25) is 0 Å². The van der Waals surface area contributed by atoms with Gasteiger partial charge in [0.05, 0.1) is 12.7 Å². The number of benzene rings is 1. The molecular weight excluding hydrogens is 366 g/mol. The zero-order chi connectivity index (χ0) is 20.6. The van der Waals surface area contributed by atoms with Crippen molar-refractivity contribution in [2.24, 2.45) is 15.9 Å². The Morgan fingerprint density at radius 3 is 2.75 bits per heavy atom. The van der Waals surface area contributed by atoms with Gasteiger partial charge in [-0.15, -0.1) is 0 Å². The minimum Gasteiger partial charge on any atom is -0.445 e. The van der Waals surface area contributed by atoms with Crippen LogP contribution in [0.3, 0.4) is 0 Å². The van der Waals surface area contributed by atoms with Crippen LogP contribution in [0.5, 0.6) is 0 Å². The van der Waals surface area contributed by atoms with E-state index in [-0.39, 0.29) is 26.1 Å². The summed E-state index contributed by atoms with van der Waals surface area (Å²) in [5.74, 6) is -3.63. The van der Waals surface area contributed by atoms with Crippen LogP contribution in [0.15, 0.2) is 46.3 Å². The molecule has 152 valence electrons. The summed E-state index contributed by atoms with van der Waals surface area (Å²) in [5, 5.41) is 2.83. The molecule has 0 aliphatic carbocycles. The summed E-state index contributed by atoms with van der Waals surface area (Å²) in [5.41, 5.74) is 1.91. The number of rotatable bonds is 7. The van der Waals surface area contributed by atoms with E-state index in [2.05, 4.69) is 22.0 Å². The number of hydrogen-bond acceptors (Lipinski definition) is 5. The highest BCUT2D eigenvalue weighted by Gasteiger charge is 2.46. The summed E-state index contributed by atoms with van der Waals surface area (Å²) in [4.78, 5) is 20.8. The lowest BCUT2D eigenvalue weighted by Gasteiger charge is -2.37. The summed E-state index contributed by atoms with van der Waals surface area (Å²) < 4.78 is 34.2. The lowest BCUT2D eigenvalue weighted by Crippen LogP contribution is -2.53. The van der Waals surface area contributed by atoms with Crippen LogP contribution < -0.4 is 5.32 Å². The van der Waals surface area contributed by atoms with Crippen molar-refractivity contribution in [1.29, 1.82) is 0 Å². The Morgan fingerprint density at radius 2 is 2.14 bits per heavy atom. The predicted octanol–water partition coefficient (Wildman–Crippen LogP) is 3.77. The second-order valence-electron chi connectivity index (χ2n) is 6.67. The number of amides is 1. The molecule has 0 aromatic heterocycles. The lowest BCUT2D eigenvalue weighted by molar-refractivity contribution is -0.104. The average Bonchev–Trinajstić information content (AvgIpc) is 2.67. The highest BCUT2D eigenvalue weighted by molar-refractivity contribution is 5.68. The van der Waals surface area contributed by atoms with Crippen molar-refractivity contribution in [3.05, 3.63) is 47.4 Å². The van der Waals surface area contributed by atoms with Crippen molar-refractivity contribution in [3.8, 4) is 0 Å². The molecule has 1 aromatic carbocycles. The molecule has 2 rings (SSSR count). The van der Waals surface area contributed by atoms with Crippen molar-refractivity contribution in [3.63, 3.8) is 0 Å². The topological polar surface area (TPSA) is 66.3 Å². The highest BCUT2D eigenvalue weighted by Crippen LogP contribution is 2.33. The Morgan fingerprint density at radius 1 is 1.43 bits per heavy atom. The van der Waals surface area contributed by atoms with Gasteiger partial charge in [0.25, 0.3) is 5.92 Å². The molecule has 0 radical (unpaired) electrons. The minimum absolute atomic E-state index is 0.0172. The summed E-state index contributed by atoms with van der Waals surface area (Å²) in [6.07, 6.45) is 2.41. The van der Waals surface area contributed by atoms with Crippen molar-refractivity contribution < 1.29 is 18.3 Å². The molecule has 0 bridgehead atoms. The van der Waals surface area contributed by atoms with Crippen LogP contribution in [-0.4, -0.2) is 49.5 Å². The molecule has 1 amide bonds. The van der Waals surface area contributed by atoms with Gasteiger partial charge in [-0.05, 0) is 32.5 Å². The summed E-state index contributed by atoms with van der Waals surface area (Å²) in [7, 11) is 0. The fourth-order valence-corrected chi connectivity index (χ4v) is 2.83. The number of carbonyl (C=O) groups is 1. The fraction of sp³-hybridized carbons (Fsp3) is 0.450. The van der Waals surface area contributed by atoms with E-state index in [1.54, 1.807) is 13.1 Å². The predicted molar refractivity (Wildman–Crippen MR) is 106 cm³/mol. The van der Waals surface area contributed by atoms with Gasteiger partial charge in [0, 0.05) is 25.2 Å². The number of likely N-dealkylation sites (tertiary alicyclic amines) is 1. The largest absolute Gasteiger partial charge is 0.445 e. The van der Waals surface area contributed by atoms with Gasteiger partial charge in [0.2, 0.25) is 0 Å². The van der Waals surface area contributed by atoms with Gasteiger partial charge in [0.15, 0.2) is 0 Å². The third-order valence-electron chi connectivity index (χ3n) is 4.53. The molecule has 1 N–H and O–H groups in total. The third-order valence-corrected chi connectivity index (χ3v) is 4.53. The quantitative estimate of drug-likeness (QED) is 0.719. The first-order valence-electron chi connectivity index (χ1n) is 9.09. The van der Waals surface area contributed by atoms with Crippen molar-refractivity contribution in [2.45, 2.75) is 32.8 Å². The standard InChI is InChI=1S/C20H26F2N4O2/c1-4-24-12-18(23-3)25-11-17-9-10-26(14-20(17,21)22)19(27)28-13-16-7-5-15(2)6-8-16/h4-8,12,17,25H,3,9-11,13-14H2,1-2H3/b18-12+,24-4?/t17-/m1/s1. The Bertz CT molecular complexity index is 732. The molecule has 8 heteroatoms. The van der Waals surface area contributed by atoms with Crippen LogP contribution in [0, 0.1) is 12.8 Å². The monoisotopic (exact) mass is 392 g/mol. The SMILES string of the molecule is C=N/C(=C\N=CC)NC[C@H]1CCN(C(=O)OCc2ccc(C)cc2)CC1(F)F. The number of aliphatic imine (C=N–C) groups is 2. The number of nitrogens with one attached hydrogen (secondary N) is 1. The van der Waals surface area contributed by atoms with Gasteiger partial charge in [-0.25, -0.2) is 18.6 Å². The number of aryl methyl sites for hydroxylation is 1. The normalized spacial score (nSPS) is 19.5. The Hall–Kier alpha value is -2.77. The van der Waals surface area contributed by atoms with Gasteiger partial charge < -0.3 is 15.0 Å². The van der Waals surface area contributed by atoms with Gasteiger partial charge in [-0.3, -0.25) is 4.99 Å². The van der Waals surface area contributed by atoms with E-state index in [0.29, 0.717) is 5.82 Å². The molecule has 1 aliphatic heterocycles. The summed E-state index contributed by atoms with van der Waals surface area (Å²) >= 11 is 0. The van der Waals surface area contributed by atoms with E-state index in [4.69, 9.17) is 4.74 Å². The van der Waals surface area contributed by atoms with Crippen LogP contribution in [0.4, 0.5) is 13.6 Å². The summed E-state index contributed by atoms with van der Waals surface area (Å²) in [6.45, 7) is 6.70. The Balaban J connectivity index is 1.86. The van der Waals surface area contributed by atoms with E-state index in [9.17, 15) is 13.6 Å². The first-order chi connectivity index (χ1) is 13.4. The molecule has 28 heavy (non-hydrogen) atoms. The molecule has 1 atom stereocenters. The van der Waals surface area contributed by atoms with E-state index in [1.807, 2.05) is 31.2 Å². The second-order valence-corrected chi connectivity index (χ2v) is 6.67. The van der Waals surface area contributed by atoms with Crippen LogP contribution in [-0.2, 0) is 11.3 Å². The number of nitrogens with zero attached hydrogens (tertiary/aromatic N) is 3. The summed E-state index contributed by atoms with van der Waals surface area (Å²) in [6, 6.07) is 7.50. The van der Waals surface area contributed by atoms with Gasteiger partial charge in [-0.2, -0.15) is 0 Å². The van der Waals surface area contributed by atoms with Gasteiger partial charge >= 0.3 is 6.09 Å². The van der Waals surface area contributed by atoms with Crippen molar-refractivity contribution in [2.75, 3.05) is 19.6 Å². The number of halogens is 2. The zero-order valence-corrected chi connectivity index (χ0v) is 16.2. The molecule has 0 spiro atoms. The van der Waals surface area contributed by atoms with E-state index in [0.717, 1.165) is 16.0 Å². The molecule has 1 fully saturated rings. The van der Waals surface area contributed by atoms with Crippen LogP contribution in [0.25, 0.3) is 0 Å². The molecule has 1 heterocycles. The number of alkyl halides is 2. The molecule has 1 aliphatic rings. The number of ether oxygens (including phenoxy) is 1. The first-order valence-corrected chi connectivity index (χ1v) is 9.09. The number of piperidine rings is 1. The Kier molecular flexibility index (Phi) is 7.66. The maximum absolute atomic E-state index is 14.5. The van der Waals surface area contributed by atoms with Crippen molar-refractivity contribution in [1.82, 2.24) is 10.2 Å². The maximum Gasteiger partial charge on any atom is 0.410 e. The van der Waals surface area contributed by atoms with Gasteiger partial charge in [-0.1, -0.05) is 29.8 Å². The highest BCUT2D eigenvalue weighted by atomic mass is 19.3. The lowest BCUT2D eigenvalue weighted by atomic mass is 9.93. The first kappa shape index (κ1) is 21.5. The van der Waals surface area contributed by atoms with E-state index in [1.165, 1.54) is 6.20 Å². The van der Waals surface area contributed by atoms with E-state index >= 15 is 0 Å². The molecule has 1 aromatic rings. The van der Waals surface area contributed by atoms with Crippen LogP contribution >= 0.6 is 0 Å². The molecule has 0 unspecified atom stereocenters. The zero-order valence-electron chi connectivity index (χ0n) is 16.2. The van der Waals surface area contributed by atoms with Gasteiger partial charge in [0.1, 0.15) is 12.4 Å². The third kappa shape index (κ3) is 6.14. The van der Waals surface area contributed by atoms with Crippen molar-refractivity contribution >= 4 is 19.0 Å². The molecule has 6 nitrogen and oxygen atoms in total. The molecule has 0 saturated carbocycles. The molecule has 1 saturated heterocycles.